The Labute approximate surface area is 77.4 Å². The maximum atomic E-state index is 8.97. The molecule has 0 aromatic heterocycles. The minimum absolute atomic E-state index is 0.402. The SMILES string of the molecule is CSC(C)(C#N)c1ccccc1. The quantitative estimate of drug-likeness (QED) is 0.693. The lowest BCUT2D eigenvalue weighted by atomic mass is 10.0. The fraction of sp³-hybridized carbons (Fsp3) is 0.300. The first-order valence-electron chi connectivity index (χ1n) is 3.75. The summed E-state index contributed by atoms with van der Waals surface area (Å²) >= 11 is 1.56. The second-order valence-corrected chi connectivity index (χ2v) is 3.94. The highest BCUT2D eigenvalue weighted by molar-refractivity contribution is 7.99. The number of hydrogen-bond acceptors (Lipinski definition) is 2. The molecule has 0 heterocycles. The molecule has 1 nitrogen and oxygen atoms in total. The van der Waals surface area contributed by atoms with Gasteiger partial charge in [-0.1, -0.05) is 30.3 Å². The number of hydrogen-bond donors (Lipinski definition) is 0. The first-order chi connectivity index (χ1) is 5.73. The molecule has 1 unspecified atom stereocenters. The van der Waals surface area contributed by atoms with E-state index >= 15 is 0 Å². The second-order valence-electron chi connectivity index (χ2n) is 2.72. The molecule has 62 valence electrons. The number of nitrogens with zero attached hydrogens (tertiary/aromatic N) is 1. The van der Waals surface area contributed by atoms with Crippen LogP contribution < -0.4 is 0 Å². The van der Waals surface area contributed by atoms with Gasteiger partial charge in [-0.15, -0.1) is 11.8 Å². The molecule has 0 saturated carbocycles. The van der Waals surface area contributed by atoms with Crippen LogP contribution in [0.4, 0.5) is 0 Å². The monoisotopic (exact) mass is 177 g/mol. The lowest BCUT2D eigenvalue weighted by Crippen LogP contribution is -2.13. The van der Waals surface area contributed by atoms with E-state index in [4.69, 9.17) is 5.26 Å². The van der Waals surface area contributed by atoms with Gasteiger partial charge in [-0.2, -0.15) is 5.26 Å². The third kappa shape index (κ3) is 1.62. The lowest BCUT2D eigenvalue weighted by molar-refractivity contribution is 0.899. The average Bonchev–Trinajstić information content (AvgIpc) is 2.18. The minimum Gasteiger partial charge on any atom is -0.196 e. The van der Waals surface area contributed by atoms with Crippen molar-refractivity contribution in [1.29, 1.82) is 5.26 Å². The Bertz CT molecular complexity index is 288. The Morgan fingerprint density at radius 3 is 2.33 bits per heavy atom. The van der Waals surface area contributed by atoms with Crippen molar-refractivity contribution < 1.29 is 0 Å². The van der Waals surface area contributed by atoms with Crippen LogP contribution >= 0.6 is 11.8 Å². The van der Waals surface area contributed by atoms with Gasteiger partial charge in [0.05, 0.1) is 6.07 Å². The van der Waals surface area contributed by atoms with E-state index in [0.717, 1.165) is 5.56 Å². The summed E-state index contributed by atoms with van der Waals surface area (Å²) in [6.07, 6.45) is 1.95. The van der Waals surface area contributed by atoms with Crippen molar-refractivity contribution in [2.75, 3.05) is 6.26 Å². The van der Waals surface area contributed by atoms with E-state index in [1.165, 1.54) is 0 Å². The van der Waals surface area contributed by atoms with Gasteiger partial charge in [0.25, 0.3) is 0 Å². The van der Waals surface area contributed by atoms with Crippen molar-refractivity contribution in [3.63, 3.8) is 0 Å². The second kappa shape index (κ2) is 3.64. The first kappa shape index (κ1) is 9.15. The van der Waals surface area contributed by atoms with Crippen molar-refractivity contribution in [2.45, 2.75) is 11.7 Å². The molecule has 0 spiro atoms. The van der Waals surface area contributed by atoms with E-state index in [-0.39, 0.29) is 0 Å². The summed E-state index contributed by atoms with van der Waals surface area (Å²) in [5, 5.41) is 8.97. The summed E-state index contributed by atoms with van der Waals surface area (Å²) < 4.78 is -0.402. The van der Waals surface area contributed by atoms with Crippen LogP contribution in [0.5, 0.6) is 0 Å². The van der Waals surface area contributed by atoms with Gasteiger partial charge in [0, 0.05) is 0 Å². The molecule has 0 aliphatic rings. The van der Waals surface area contributed by atoms with Crippen LogP contribution in [0.3, 0.4) is 0 Å². The van der Waals surface area contributed by atoms with E-state index in [1.807, 2.05) is 43.5 Å². The highest BCUT2D eigenvalue weighted by atomic mass is 32.2. The van der Waals surface area contributed by atoms with Crippen molar-refractivity contribution in [3.8, 4) is 6.07 Å². The summed E-state index contributed by atoms with van der Waals surface area (Å²) in [7, 11) is 0. The van der Waals surface area contributed by atoms with Gasteiger partial charge in [-0.3, -0.25) is 0 Å². The summed E-state index contributed by atoms with van der Waals surface area (Å²) in [6.45, 7) is 1.94. The Kier molecular flexibility index (Phi) is 2.78. The van der Waals surface area contributed by atoms with E-state index in [2.05, 4.69) is 6.07 Å². The van der Waals surface area contributed by atoms with E-state index in [9.17, 15) is 0 Å². The van der Waals surface area contributed by atoms with Gasteiger partial charge in [0.15, 0.2) is 0 Å². The zero-order chi connectivity index (χ0) is 9.03. The molecule has 1 rings (SSSR count). The third-order valence-corrected chi connectivity index (χ3v) is 3.09. The topological polar surface area (TPSA) is 23.8 Å². The summed E-state index contributed by atoms with van der Waals surface area (Å²) in [5.74, 6) is 0. The van der Waals surface area contributed by atoms with E-state index in [1.54, 1.807) is 11.8 Å². The Hall–Kier alpha value is -0.940. The normalized spacial score (nSPS) is 14.8. The van der Waals surface area contributed by atoms with Crippen LogP contribution in [-0.2, 0) is 4.75 Å². The first-order valence-corrected chi connectivity index (χ1v) is 4.97. The molecule has 0 aliphatic carbocycles. The zero-order valence-electron chi connectivity index (χ0n) is 7.24. The number of benzene rings is 1. The number of nitriles is 1. The largest absolute Gasteiger partial charge is 0.196 e. The molecule has 0 radical (unpaired) electrons. The number of rotatable bonds is 2. The van der Waals surface area contributed by atoms with E-state index in [0.29, 0.717) is 0 Å². The third-order valence-electron chi connectivity index (χ3n) is 1.95. The van der Waals surface area contributed by atoms with E-state index < -0.39 is 4.75 Å². The number of thioether (sulfide) groups is 1. The molecule has 0 saturated heterocycles. The van der Waals surface area contributed by atoms with Crippen LogP contribution in [0, 0.1) is 11.3 Å². The summed E-state index contributed by atoms with van der Waals surface area (Å²) in [5.41, 5.74) is 1.07. The fourth-order valence-electron chi connectivity index (χ4n) is 0.984. The maximum Gasteiger partial charge on any atom is 0.124 e. The Morgan fingerprint density at radius 2 is 1.92 bits per heavy atom. The molecule has 1 atom stereocenters. The van der Waals surface area contributed by atoms with Crippen LogP contribution in [0.1, 0.15) is 12.5 Å². The average molecular weight is 177 g/mol. The molecule has 2 heteroatoms. The smallest absolute Gasteiger partial charge is 0.124 e. The molecule has 12 heavy (non-hydrogen) atoms. The fourth-order valence-corrected chi connectivity index (χ4v) is 1.45. The lowest BCUT2D eigenvalue weighted by Gasteiger charge is -2.18. The molecular formula is C10H11NS. The highest BCUT2D eigenvalue weighted by Gasteiger charge is 2.24. The molecule has 0 fully saturated rings. The van der Waals surface area contributed by atoms with Gasteiger partial charge >= 0.3 is 0 Å². The summed E-state index contributed by atoms with van der Waals surface area (Å²) in [4.78, 5) is 0. The predicted molar refractivity (Wildman–Crippen MR) is 52.9 cm³/mol. The van der Waals surface area contributed by atoms with Gasteiger partial charge in [-0.05, 0) is 18.7 Å². The molecule has 0 amide bonds. The molecule has 1 aromatic carbocycles. The van der Waals surface area contributed by atoms with Gasteiger partial charge < -0.3 is 0 Å². The Balaban J connectivity index is 3.06. The van der Waals surface area contributed by atoms with Gasteiger partial charge in [0.2, 0.25) is 0 Å². The molecule has 1 aromatic rings. The van der Waals surface area contributed by atoms with Crippen molar-refractivity contribution in [3.05, 3.63) is 35.9 Å². The standard InChI is InChI=1S/C10H11NS/c1-10(8-11,12-2)9-6-4-3-5-7-9/h3-7H,1-2H3. The van der Waals surface area contributed by atoms with Crippen LogP contribution in [-0.4, -0.2) is 6.26 Å². The van der Waals surface area contributed by atoms with Crippen LogP contribution in [0.25, 0.3) is 0 Å². The molecular weight excluding hydrogens is 166 g/mol. The highest BCUT2D eigenvalue weighted by Crippen LogP contribution is 2.32. The molecule has 0 N–H and O–H groups in total. The zero-order valence-corrected chi connectivity index (χ0v) is 8.06. The summed E-state index contributed by atoms with van der Waals surface area (Å²) in [6, 6.07) is 12.2. The van der Waals surface area contributed by atoms with Gasteiger partial charge in [0.1, 0.15) is 4.75 Å². The van der Waals surface area contributed by atoms with Crippen LogP contribution in [0.15, 0.2) is 30.3 Å². The van der Waals surface area contributed by atoms with Crippen molar-refractivity contribution in [2.24, 2.45) is 0 Å². The Morgan fingerprint density at radius 1 is 1.33 bits per heavy atom. The predicted octanol–water partition coefficient (Wildman–Crippen LogP) is 2.79. The van der Waals surface area contributed by atoms with Crippen molar-refractivity contribution in [1.82, 2.24) is 0 Å². The minimum atomic E-state index is -0.402. The molecule has 0 bridgehead atoms. The van der Waals surface area contributed by atoms with Crippen molar-refractivity contribution >= 4 is 11.8 Å². The molecule has 0 aliphatic heterocycles. The maximum absolute atomic E-state index is 8.97. The van der Waals surface area contributed by atoms with Gasteiger partial charge in [-0.25, -0.2) is 0 Å². The van der Waals surface area contributed by atoms with Crippen LogP contribution in [0.2, 0.25) is 0 Å².